The first kappa shape index (κ1) is 15.2. The number of hydrogen-bond donors (Lipinski definition) is 2. The molecule has 0 aliphatic rings. The molecule has 0 aromatic heterocycles. The van der Waals surface area contributed by atoms with Crippen LogP contribution in [-0.4, -0.2) is 24.9 Å². The zero-order valence-electron chi connectivity index (χ0n) is 11.7. The Kier molecular flexibility index (Phi) is 6.64. The summed E-state index contributed by atoms with van der Waals surface area (Å²) in [5.74, 6) is 0.0232. The van der Waals surface area contributed by atoms with Crippen LogP contribution in [0.2, 0.25) is 0 Å². The van der Waals surface area contributed by atoms with E-state index in [-0.39, 0.29) is 11.8 Å². The van der Waals surface area contributed by atoms with Gasteiger partial charge in [-0.3, -0.25) is 9.59 Å². The first-order valence-electron chi connectivity index (χ1n) is 6.64. The number of carbonyl (C=O) groups is 2. The number of hydrogen-bond acceptors (Lipinski definition) is 2. The Morgan fingerprint density at radius 1 is 1.16 bits per heavy atom. The van der Waals surface area contributed by atoms with Crippen LogP contribution in [0.5, 0.6) is 0 Å². The summed E-state index contributed by atoms with van der Waals surface area (Å²) in [5, 5.41) is 5.54. The van der Waals surface area contributed by atoms with Crippen molar-refractivity contribution in [2.45, 2.75) is 33.1 Å². The van der Waals surface area contributed by atoms with Crippen molar-refractivity contribution in [2.24, 2.45) is 0 Å². The normalized spacial score (nSPS) is 10.0. The third-order valence-electron chi connectivity index (χ3n) is 2.77. The number of aryl methyl sites for hydroxylation is 2. The SMILES string of the molecule is CC(=O)NCCCNC(=O)CCc1cccc(C)c1. The zero-order chi connectivity index (χ0) is 14.1. The van der Waals surface area contributed by atoms with Gasteiger partial charge in [-0.25, -0.2) is 0 Å². The Bertz CT molecular complexity index is 430. The van der Waals surface area contributed by atoms with Gasteiger partial charge in [0, 0.05) is 26.4 Å². The van der Waals surface area contributed by atoms with Gasteiger partial charge in [0.1, 0.15) is 0 Å². The predicted molar refractivity (Wildman–Crippen MR) is 75.8 cm³/mol. The second kappa shape index (κ2) is 8.29. The van der Waals surface area contributed by atoms with E-state index < -0.39 is 0 Å². The van der Waals surface area contributed by atoms with Crippen LogP contribution < -0.4 is 10.6 Å². The van der Waals surface area contributed by atoms with Gasteiger partial charge in [0.05, 0.1) is 0 Å². The van der Waals surface area contributed by atoms with Crippen molar-refractivity contribution >= 4 is 11.8 Å². The Morgan fingerprint density at radius 3 is 2.58 bits per heavy atom. The maximum Gasteiger partial charge on any atom is 0.220 e. The average molecular weight is 262 g/mol. The predicted octanol–water partition coefficient (Wildman–Crippen LogP) is 1.57. The van der Waals surface area contributed by atoms with Crippen LogP contribution in [0, 0.1) is 6.92 Å². The summed E-state index contributed by atoms with van der Waals surface area (Å²) in [6, 6.07) is 8.20. The van der Waals surface area contributed by atoms with Gasteiger partial charge < -0.3 is 10.6 Å². The van der Waals surface area contributed by atoms with Crippen molar-refractivity contribution in [3.63, 3.8) is 0 Å². The molecule has 2 N–H and O–H groups in total. The molecule has 0 saturated carbocycles. The molecule has 4 nitrogen and oxygen atoms in total. The molecular weight excluding hydrogens is 240 g/mol. The lowest BCUT2D eigenvalue weighted by atomic mass is 10.1. The fourth-order valence-electron chi connectivity index (χ4n) is 1.79. The molecule has 0 aliphatic heterocycles. The Morgan fingerprint density at radius 2 is 1.89 bits per heavy atom. The van der Waals surface area contributed by atoms with E-state index in [4.69, 9.17) is 0 Å². The first-order valence-corrected chi connectivity index (χ1v) is 6.64. The van der Waals surface area contributed by atoms with Crippen molar-refractivity contribution in [1.29, 1.82) is 0 Å². The summed E-state index contributed by atoms with van der Waals surface area (Å²) >= 11 is 0. The third-order valence-corrected chi connectivity index (χ3v) is 2.77. The fourth-order valence-corrected chi connectivity index (χ4v) is 1.79. The van der Waals surface area contributed by atoms with Crippen LogP contribution in [-0.2, 0) is 16.0 Å². The van der Waals surface area contributed by atoms with Gasteiger partial charge in [-0.15, -0.1) is 0 Å². The first-order chi connectivity index (χ1) is 9.08. The molecular formula is C15H22N2O2. The molecule has 0 heterocycles. The van der Waals surface area contributed by atoms with E-state index in [9.17, 15) is 9.59 Å². The number of benzene rings is 1. The van der Waals surface area contributed by atoms with Crippen molar-refractivity contribution < 1.29 is 9.59 Å². The third kappa shape index (κ3) is 7.24. The molecule has 104 valence electrons. The topological polar surface area (TPSA) is 58.2 Å². The van der Waals surface area contributed by atoms with Gasteiger partial charge in [-0.2, -0.15) is 0 Å². The lowest BCUT2D eigenvalue weighted by Crippen LogP contribution is -2.28. The van der Waals surface area contributed by atoms with E-state index in [1.54, 1.807) is 0 Å². The van der Waals surface area contributed by atoms with E-state index in [1.165, 1.54) is 18.1 Å². The quantitative estimate of drug-likeness (QED) is 0.733. The lowest BCUT2D eigenvalue weighted by Gasteiger charge is -2.06. The highest BCUT2D eigenvalue weighted by molar-refractivity contribution is 5.76. The fraction of sp³-hybridized carbons (Fsp3) is 0.467. The highest BCUT2D eigenvalue weighted by atomic mass is 16.2. The summed E-state index contributed by atoms with van der Waals surface area (Å²) in [6.45, 7) is 4.74. The molecule has 19 heavy (non-hydrogen) atoms. The van der Waals surface area contributed by atoms with Crippen molar-refractivity contribution in [1.82, 2.24) is 10.6 Å². The minimum atomic E-state index is -0.0363. The van der Waals surface area contributed by atoms with Crippen molar-refractivity contribution in [2.75, 3.05) is 13.1 Å². The largest absolute Gasteiger partial charge is 0.356 e. The van der Waals surface area contributed by atoms with Crippen LogP contribution in [0.15, 0.2) is 24.3 Å². The van der Waals surface area contributed by atoms with Crippen molar-refractivity contribution in [3.05, 3.63) is 35.4 Å². The molecule has 0 aliphatic carbocycles. The van der Waals surface area contributed by atoms with Gasteiger partial charge in [0.25, 0.3) is 0 Å². The molecule has 0 atom stereocenters. The number of carbonyl (C=O) groups excluding carboxylic acids is 2. The maximum atomic E-state index is 11.6. The van der Waals surface area contributed by atoms with Crippen molar-refractivity contribution in [3.8, 4) is 0 Å². The summed E-state index contributed by atoms with van der Waals surface area (Å²) in [7, 11) is 0. The lowest BCUT2D eigenvalue weighted by molar-refractivity contribution is -0.121. The molecule has 1 aromatic carbocycles. The minimum Gasteiger partial charge on any atom is -0.356 e. The van der Waals surface area contributed by atoms with Crippen LogP contribution in [0.1, 0.15) is 30.9 Å². The maximum absolute atomic E-state index is 11.6. The summed E-state index contributed by atoms with van der Waals surface area (Å²) in [4.78, 5) is 22.2. The molecule has 2 amide bonds. The Labute approximate surface area is 114 Å². The second-order valence-electron chi connectivity index (χ2n) is 4.68. The van der Waals surface area contributed by atoms with Crippen LogP contribution in [0.25, 0.3) is 0 Å². The average Bonchev–Trinajstić information content (AvgIpc) is 2.35. The van der Waals surface area contributed by atoms with E-state index in [0.29, 0.717) is 19.5 Å². The standard InChI is InChI=1S/C15H22N2O2/c1-12-5-3-6-14(11-12)7-8-15(19)17-10-4-9-16-13(2)18/h3,5-6,11H,4,7-10H2,1-2H3,(H,16,18)(H,17,19). The number of rotatable bonds is 7. The molecule has 0 saturated heterocycles. The molecule has 0 fully saturated rings. The smallest absolute Gasteiger partial charge is 0.220 e. The molecule has 4 heteroatoms. The van der Waals surface area contributed by atoms with Gasteiger partial charge in [-0.05, 0) is 25.3 Å². The van der Waals surface area contributed by atoms with Gasteiger partial charge in [0.15, 0.2) is 0 Å². The monoisotopic (exact) mass is 262 g/mol. The van der Waals surface area contributed by atoms with E-state index in [2.05, 4.69) is 16.7 Å². The van der Waals surface area contributed by atoms with Gasteiger partial charge >= 0.3 is 0 Å². The van der Waals surface area contributed by atoms with E-state index in [0.717, 1.165) is 12.8 Å². The molecule has 1 aromatic rings. The molecule has 0 bridgehead atoms. The summed E-state index contributed by atoms with van der Waals surface area (Å²) < 4.78 is 0. The van der Waals surface area contributed by atoms with Crippen LogP contribution in [0.4, 0.5) is 0 Å². The molecule has 0 radical (unpaired) electrons. The second-order valence-corrected chi connectivity index (χ2v) is 4.68. The van der Waals surface area contributed by atoms with E-state index in [1.807, 2.05) is 25.1 Å². The highest BCUT2D eigenvalue weighted by Gasteiger charge is 2.02. The number of nitrogens with one attached hydrogen (secondary N) is 2. The Balaban J connectivity index is 2.13. The van der Waals surface area contributed by atoms with Crippen LogP contribution >= 0.6 is 0 Å². The molecule has 1 rings (SSSR count). The number of amides is 2. The molecule has 0 spiro atoms. The summed E-state index contributed by atoms with van der Waals surface area (Å²) in [6.07, 6.45) is 2.03. The highest BCUT2D eigenvalue weighted by Crippen LogP contribution is 2.06. The van der Waals surface area contributed by atoms with Gasteiger partial charge in [-0.1, -0.05) is 29.8 Å². The Hall–Kier alpha value is -1.84. The zero-order valence-corrected chi connectivity index (χ0v) is 11.7. The van der Waals surface area contributed by atoms with E-state index >= 15 is 0 Å². The summed E-state index contributed by atoms with van der Waals surface area (Å²) in [5.41, 5.74) is 2.40. The van der Waals surface area contributed by atoms with Crippen LogP contribution in [0.3, 0.4) is 0 Å². The van der Waals surface area contributed by atoms with Gasteiger partial charge in [0.2, 0.25) is 11.8 Å². The molecule has 0 unspecified atom stereocenters. The minimum absolute atomic E-state index is 0.0363.